The molecule has 0 spiro atoms. The highest BCUT2D eigenvalue weighted by atomic mass is 16.6. The van der Waals surface area contributed by atoms with E-state index in [4.69, 9.17) is 19.7 Å². The lowest BCUT2D eigenvalue weighted by atomic mass is 10.5. The molecule has 0 aromatic heterocycles. The van der Waals surface area contributed by atoms with Crippen molar-refractivity contribution in [1.29, 1.82) is 0 Å². The molecule has 0 aromatic rings. The molecule has 102 valence electrons. The summed E-state index contributed by atoms with van der Waals surface area (Å²) in [5.74, 6) is 0. The van der Waals surface area contributed by atoms with Crippen LogP contribution in [0.4, 0.5) is 0 Å². The van der Waals surface area contributed by atoms with Gasteiger partial charge in [0.05, 0.1) is 26.1 Å². The Bertz CT molecular complexity index is 145. The van der Waals surface area contributed by atoms with E-state index in [1.807, 2.05) is 13.8 Å². The first-order chi connectivity index (χ1) is 8.17. The molecule has 1 fully saturated rings. The molecule has 0 amide bonds. The number of rotatable bonds is 4. The minimum Gasteiger partial charge on any atom is -0.499 e. The average Bonchev–Trinajstić information content (AvgIpc) is 3.13. The second kappa shape index (κ2) is 24.2. The molecule has 2 N–H and O–H groups in total. The normalized spacial score (nSPS) is 14.2. The van der Waals surface area contributed by atoms with Gasteiger partial charge in [-0.25, -0.2) is 0 Å². The Kier molecular flexibility index (Phi) is 30.2. The first kappa shape index (κ1) is 21.2. The van der Waals surface area contributed by atoms with E-state index in [2.05, 4.69) is 19.7 Å². The molecule has 1 saturated heterocycles. The highest BCUT2D eigenvalue weighted by Gasteiger charge is 2.21. The zero-order valence-electron chi connectivity index (χ0n) is 11.0. The maximum atomic E-state index is 7.62. The van der Waals surface area contributed by atoms with Crippen molar-refractivity contribution < 1.29 is 19.7 Å². The van der Waals surface area contributed by atoms with Gasteiger partial charge >= 0.3 is 0 Å². The number of aliphatic hydroxyl groups excluding tert-OH is 2. The third kappa shape index (κ3) is 52.1. The zero-order chi connectivity index (χ0) is 13.9. The van der Waals surface area contributed by atoms with Gasteiger partial charge in [0.2, 0.25) is 0 Å². The van der Waals surface area contributed by atoms with Crippen LogP contribution >= 0.6 is 0 Å². The second-order valence-corrected chi connectivity index (χ2v) is 2.72. The Balaban J connectivity index is -0.000000170. The summed E-state index contributed by atoms with van der Waals surface area (Å²) in [5.41, 5.74) is 0. The third-order valence-electron chi connectivity index (χ3n) is 0.902. The van der Waals surface area contributed by atoms with Crippen LogP contribution in [0.1, 0.15) is 13.8 Å². The van der Waals surface area contributed by atoms with Crippen LogP contribution in [0, 0.1) is 0 Å². The van der Waals surface area contributed by atoms with Crippen LogP contribution in [0.25, 0.3) is 0 Å². The highest BCUT2D eigenvalue weighted by molar-refractivity contribution is 4.68. The topological polar surface area (TPSA) is 62.2 Å². The fraction of sp³-hybridized carbons (Fsp3) is 0.538. The first-order valence-corrected chi connectivity index (χ1v) is 5.38. The average molecular weight is 246 g/mol. The van der Waals surface area contributed by atoms with Gasteiger partial charge in [0, 0.05) is 0 Å². The van der Waals surface area contributed by atoms with Gasteiger partial charge in [-0.05, 0) is 13.8 Å². The predicted octanol–water partition coefficient (Wildman–Crippen LogP) is 1.90. The van der Waals surface area contributed by atoms with Crippen molar-refractivity contribution in [3.63, 3.8) is 0 Å². The van der Waals surface area contributed by atoms with E-state index in [0.29, 0.717) is 12.7 Å². The van der Waals surface area contributed by atoms with Gasteiger partial charge in [-0.15, -0.1) is 13.2 Å². The maximum Gasteiger partial charge on any atom is 0.116 e. The predicted molar refractivity (Wildman–Crippen MR) is 71.8 cm³/mol. The van der Waals surface area contributed by atoms with Crippen molar-refractivity contribution in [3.8, 4) is 0 Å². The van der Waals surface area contributed by atoms with E-state index in [0.717, 1.165) is 6.61 Å². The molecule has 1 aliphatic heterocycles. The number of epoxide rings is 1. The van der Waals surface area contributed by atoms with Crippen LogP contribution in [0.5, 0.6) is 0 Å². The molecule has 0 aliphatic carbocycles. The summed E-state index contributed by atoms with van der Waals surface area (Å²) >= 11 is 0. The fourth-order valence-corrected chi connectivity index (χ4v) is 0.340. The van der Waals surface area contributed by atoms with Crippen LogP contribution in [-0.4, -0.2) is 42.7 Å². The summed E-state index contributed by atoms with van der Waals surface area (Å²) in [6.07, 6.45) is 5.29. The Morgan fingerprint density at radius 2 is 1.53 bits per heavy atom. The zero-order valence-corrected chi connectivity index (χ0v) is 11.0. The van der Waals surface area contributed by atoms with Gasteiger partial charge in [-0.2, -0.15) is 0 Å². The summed E-state index contributed by atoms with van der Waals surface area (Å²) in [4.78, 5) is 0. The van der Waals surface area contributed by atoms with E-state index in [9.17, 15) is 0 Å². The molecule has 1 unspecified atom stereocenters. The first-order valence-electron chi connectivity index (χ1n) is 5.38. The summed E-state index contributed by atoms with van der Waals surface area (Å²) in [7, 11) is 0. The number of ether oxygens (including phenoxy) is 2. The molecule has 1 heterocycles. The lowest BCUT2D eigenvalue weighted by molar-refractivity contribution is 0.186. The number of allylic oxidation sites excluding steroid dienone is 2. The van der Waals surface area contributed by atoms with Gasteiger partial charge in [0.1, 0.15) is 12.7 Å². The van der Waals surface area contributed by atoms with E-state index in [-0.39, 0.29) is 13.2 Å². The Hall–Kier alpha value is -1.10. The SMILES string of the molecule is C=CC.C=CC.C=COCC1CO1.OCCO. The van der Waals surface area contributed by atoms with Gasteiger partial charge in [-0.1, -0.05) is 18.7 Å². The van der Waals surface area contributed by atoms with Gasteiger partial charge < -0.3 is 19.7 Å². The molecule has 4 nitrogen and oxygen atoms in total. The van der Waals surface area contributed by atoms with Crippen LogP contribution in [0.15, 0.2) is 38.2 Å². The number of hydrogen-bond acceptors (Lipinski definition) is 4. The molecule has 0 bridgehead atoms. The molecule has 1 rings (SSSR count). The van der Waals surface area contributed by atoms with Crippen LogP contribution in [0.3, 0.4) is 0 Å². The summed E-state index contributed by atoms with van der Waals surface area (Å²) in [5, 5.41) is 15.2. The highest BCUT2D eigenvalue weighted by Crippen LogP contribution is 2.07. The fourth-order valence-electron chi connectivity index (χ4n) is 0.340. The van der Waals surface area contributed by atoms with Crippen LogP contribution in [-0.2, 0) is 9.47 Å². The number of hydrogen-bond donors (Lipinski definition) is 2. The molecule has 1 atom stereocenters. The van der Waals surface area contributed by atoms with Crippen LogP contribution < -0.4 is 0 Å². The van der Waals surface area contributed by atoms with Gasteiger partial charge in [-0.3, -0.25) is 0 Å². The Labute approximate surface area is 105 Å². The summed E-state index contributed by atoms with van der Waals surface area (Å²) < 4.78 is 9.63. The summed E-state index contributed by atoms with van der Waals surface area (Å²) in [6, 6.07) is 0. The largest absolute Gasteiger partial charge is 0.499 e. The lowest BCUT2D eigenvalue weighted by Gasteiger charge is -1.90. The molecule has 0 saturated carbocycles. The lowest BCUT2D eigenvalue weighted by Crippen LogP contribution is -1.94. The smallest absolute Gasteiger partial charge is 0.116 e. The standard InChI is InChI=1S/C5H8O2.2C3H6.C2H6O2/c1-2-6-3-5-4-7-5;2*1-3-2;3-1-2-4/h2,5H,1,3-4H2;2*3H,1H2,2H3;3-4H,1-2H2. The monoisotopic (exact) mass is 246 g/mol. The molecule has 4 heteroatoms. The second-order valence-electron chi connectivity index (χ2n) is 2.72. The summed E-state index contributed by atoms with van der Waals surface area (Å²) in [6.45, 7) is 15.2. The van der Waals surface area contributed by atoms with Crippen LogP contribution in [0.2, 0.25) is 0 Å². The molecule has 0 aromatic carbocycles. The number of aliphatic hydroxyl groups is 2. The quantitative estimate of drug-likeness (QED) is 0.452. The van der Waals surface area contributed by atoms with E-state index in [1.54, 1.807) is 12.2 Å². The van der Waals surface area contributed by atoms with Crippen molar-refractivity contribution in [1.82, 2.24) is 0 Å². The van der Waals surface area contributed by atoms with Gasteiger partial charge in [0.25, 0.3) is 0 Å². The molecule has 0 radical (unpaired) electrons. The Morgan fingerprint density at radius 3 is 1.71 bits per heavy atom. The minimum atomic E-state index is -0.125. The van der Waals surface area contributed by atoms with Crippen molar-refractivity contribution in [2.75, 3.05) is 26.4 Å². The van der Waals surface area contributed by atoms with E-state index < -0.39 is 0 Å². The Morgan fingerprint density at radius 1 is 1.18 bits per heavy atom. The minimum absolute atomic E-state index is 0.125. The molecule has 1 aliphatic rings. The van der Waals surface area contributed by atoms with E-state index >= 15 is 0 Å². The van der Waals surface area contributed by atoms with Crippen molar-refractivity contribution in [2.45, 2.75) is 20.0 Å². The van der Waals surface area contributed by atoms with E-state index in [1.165, 1.54) is 6.26 Å². The van der Waals surface area contributed by atoms with Gasteiger partial charge in [0.15, 0.2) is 0 Å². The molecular formula is C13H26O4. The van der Waals surface area contributed by atoms with Crippen molar-refractivity contribution in [3.05, 3.63) is 38.2 Å². The molecule has 17 heavy (non-hydrogen) atoms. The third-order valence-corrected chi connectivity index (χ3v) is 0.902. The van der Waals surface area contributed by atoms with Crippen molar-refractivity contribution >= 4 is 0 Å². The molecular weight excluding hydrogens is 220 g/mol. The maximum absolute atomic E-state index is 7.62. The van der Waals surface area contributed by atoms with Crippen molar-refractivity contribution in [2.24, 2.45) is 0 Å².